The van der Waals surface area contributed by atoms with E-state index in [0.717, 1.165) is 50.1 Å². The molecule has 0 radical (unpaired) electrons. The van der Waals surface area contributed by atoms with E-state index in [-0.39, 0.29) is 6.04 Å². The minimum Gasteiger partial charge on any atom is -0.378 e. The normalized spacial score (nSPS) is 17.8. The molecule has 0 aliphatic carbocycles. The van der Waals surface area contributed by atoms with Crippen LogP contribution in [0.2, 0.25) is 5.02 Å². The number of nitrogens with zero attached hydrogens (tertiary/aromatic N) is 3. The van der Waals surface area contributed by atoms with Gasteiger partial charge in [-0.15, -0.1) is 0 Å². The van der Waals surface area contributed by atoms with Gasteiger partial charge in [0.15, 0.2) is 5.96 Å². The SMILES string of the molecule is CCOC1CCN(C(=NC)NCC(c2ccc(Cl)cc2)N(C)C)CC1. The van der Waals surface area contributed by atoms with Crippen LogP contribution in [0, 0.1) is 0 Å². The molecule has 0 amide bonds. The minimum absolute atomic E-state index is 0.259. The van der Waals surface area contributed by atoms with E-state index in [9.17, 15) is 0 Å². The zero-order valence-electron chi connectivity index (χ0n) is 15.8. The largest absolute Gasteiger partial charge is 0.378 e. The molecule has 0 aromatic heterocycles. The van der Waals surface area contributed by atoms with Gasteiger partial charge >= 0.3 is 0 Å². The summed E-state index contributed by atoms with van der Waals surface area (Å²) in [6.45, 7) is 5.62. The highest BCUT2D eigenvalue weighted by Crippen LogP contribution is 2.20. The maximum atomic E-state index is 6.02. The Bertz CT molecular complexity index is 539. The first-order valence-corrected chi connectivity index (χ1v) is 9.42. The average Bonchev–Trinajstić information content (AvgIpc) is 2.61. The third-order valence-corrected chi connectivity index (χ3v) is 4.94. The Morgan fingerprint density at radius 1 is 1.32 bits per heavy atom. The van der Waals surface area contributed by atoms with Gasteiger partial charge in [0.2, 0.25) is 0 Å². The Morgan fingerprint density at radius 3 is 2.48 bits per heavy atom. The highest BCUT2D eigenvalue weighted by Gasteiger charge is 2.22. The lowest BCUT2D eigenvalue weighted by atomic mass is 10.1. The number of guanidine groups is 1. The van der Waals surface area contributed by atoms with Crippen LogP contribution in [-0.4, -0.2) is 69.2 Å². The zero-order valence-corrected chi connectivity index (χ0v) is 16.6. The van der Waals surface area contributed by atoms with Crippen LogP contribution in [-0.2, 0) is 4.74 Å². The maximum absolute atomic E-state index is 6.02. The van der Waals surface area contributed by atoms with E-state index >= 15 is 0 Å². The number of likely N-dealkylation sites (N-methyl/N-ethyl adjacent to an activating group) is 1. The van der Waals surface area contributed by atoms with E-state index in [1.165, 1.54) is 5.56 Å². The molecule has 0 saturated carbocycles. The molecule has 1 atom stereocenters. The summed E-state index contributed by atoms with van der Waals surface area (Å²) in [6, 6.07) is 8.33. The second-order valence-electron chi connectivity index (χ2n) is 6.60. The lowest BCUT2D eigenvalue weighted by molar-refractivity contribution is 0.0263. The number of nitrogens with one attached hydrogen (secondary N) is 1. The molecular formula is C19H31ClN4O. The summed E-state index contributed by atoms with van der Waals surface area (Å²) in [4.78, 5) is 9.01. The Kier molecular flexibility index (Phi) is 8.00. The number of ether oxygens (including phenoxy) is 1. The average molecular weight is 367 g/mol. The zero-order chi connectivity index (χ0) is 18.2. The molecule has 2 rings (SSSR count). The van der Waals surface area contributed by atoms with E-state index in [2.05, 4.69) is 53.3 Å². The van der Waals surface area contributed by atoms with E-state index in [4.69, 9.17) is 16.3 Å². The van der Waals surface area contributed by atoms with Crippen LogP contribution in [0.5, 0.6) is 0 Å². The molecule has 5 nitrogen and oxygen atoms in total. The molecule has 0 bridgehead atoms. The Labute approximate surface area is 157 Å². The second kappa shape index (κ2) is 10.00. The number of aliphatic imine (C=N–C) groups is 1. The van der Waals surface area contributed by atoms with E-state index in [1.54, 1.807) is 0 Å². The first kappa shape index (κ1) is 20.0. The van der Waals surface area contributed by atoms with Crippen molar-refractivity contribution in [3.63, 3.8) is 0 Å². The Morgan fingerprint density at radius 2 is 1.96 bits per heavy atom. The van der Waals surface area contributed by atoms with Crippen LogP contribution < -0.4 is 5.32 Å². The van der Waals surface area contributed by atoms with Crippen molar-refractivity contribution in [2.45, 2.75) is 31.9 Å². The number of piperidine rings is 1. The van der Waals surface area contributed by atoms with Crippen LogP contribution in [0.15, 0.2) is 29.3 Å². The number of halogens is 1. The summed E-state index contributed by atoms with van der Waals surface area (Å²) < 4.78 is 5.74. The van der Waals surface area contributed by atoms with Crippen molar-refractivity contribution in [3.05, 3.63) is 34.9 Å². The molecule has 0 spiro atoms. The smallest absolute Gasteiger partial charge is 0.193 e. The van der Waals surface area contributed by atoms with Crippen LogP contribution in [0.1, 0.15) is 31.4 Å². The fourth-order valence-corrected chi connectivity index (χ4v) is 3.40. The van der Waals surface area contributed by atoms with Crippen LogP contribution >= 0.6 is 11.6 Å². The minimum atomic E-state index is 0.259. The van der Waals surface area contributed by atoms with Crippen molar-refractivity contribution in [3.8, 4) is 0 Å². The van der Waals surface area contributed by atoms with Crippen molar-refractivity contribution in [2.75, 3.05) is 47.4 Å². The molecule has 140 valence electrons. The quantitative estimate of drug-likeness (QED) is 0.620. The predicted molar refractivity (Wildman–Crippen MR) is 105 cm³/mol. The van der Waals surface area contributed by atoms with Gasteiger partial charge in [-0.05, 0) is 51.6 Å². The number of rotatable bonds is 6. The molecule has 1 aromatic rings. The highest BCUT2D eigenvalue weighted by atomic mass is 35.5. The molecule has 1 saturated heterocycles. The number of hydrogen-bond acceptors (Lipinski definition) is 3. The van der Waals surface area contributed by atoms with Gasteiger partial charge < -0.3 is 19.9 Å². The van der Waals surface area contributed by atoms with Crippen LogP contribution in [0.4, 0.5) is 0 Å². The number of benzene rings is 1. The van der Waals surface area contributed by atoms with Gasteiger partial charge in [0.25, 0.3) is 0 Å². The lowest BCUT2D eigenvalue weighted by Crippen LogP contribution is -2.48. The summed E-state index contributed by atoms with van der Waals surface area (Å²) >= 11 is 6.02. The molecule has 25 heavy (non-hydrogen) atoms. The number of likely N-dealkylation sites (tertiary alicyclic amines) is 1. The summed E-state index contributed by atoms with van der Waals surface area (Å²) in [6.07, 6.45) is 2.51. The molecule has 1 fully saturated rings. The summed E-state index contributed by atoms with van der Waals surface area (Å²) in [7, 11) is 6.04. The van der Waals surface area contributed by atoms with Gasteiger partial charge in [-0.3, -0.25) is 4.99 Å². The first-order valence-electron chi connectivity index (χ1n) is 9.04. The van der Waals surface area contributed by atoms with Crippen LogP contribution in [0.25, 0.3) is 0 Å². The second-order valence-corrected chi connectivity index (χ2v) is 7.04. The Balaban J connectivity index is 1.93. The topological polar surface area (TPSA) is 40.1 Å². The van der Waals surface area contributed by atoms with Gasteiger partial charge in [-0.1, -0.05) is 23.7 Å². The lowest BCUT2D eigenvalue weighted by Gasteiger charge is -2.35. The molecule has 1 aliphatic rings. The summed E-state index contributed by atoms with van der Waals surface area (Å²) in [5.41, 5.74) is 1.24. The monoisotopic (exact) mass is 366 g/mol. The van der Waals surface area contributed by atoms with Gasteiger partial charge in [0.05, 0.1) is 12.1 Å². The molecule has 1 aromatic carbocycles. The summed E-state index contributed by atoms with van der Waals surface area (Å²) in [5, 5.41) is 4.31. The predicted octanol–water partition coefficient (Wildman–Crippen LogP) is 3.02. The molecule has 1 heterocycles. The van der Waals surface area contributed by atoms with E-state index in [0.29, 0.717) is 6.10 Å². The van der Waals surface area contributed by atoms with E-state index < -0.39 is 0 Å². The Hall–Kier alpha value is -1.30. The molecule has 6 heteroatoms. The van der Waals surface area contributed by atoms with Crippen molar-refractivity contribution >= 4 is 17.6 Å². The fourth-order valence-electron chi connectivity index (χ4n) is 3.27. The van der Waals surface area contributed by atoms with Gasteiger partial charge in [0, 0.05) is 38.3 Å². The van der Waals surface area contributed by atoms with Gasteiger partial charge in [-0.2, -0.15) is 0 Å². The number of hydrogen-bond donors (Lipinski definition) is 1. The third-order valence-electron chi connectivity index (χ3n) is 4.69. The van der Waals surface area contributed by atoms with E-state index in [1.807, 2.05) is 19.2 Å². The van der Waals surface area contributed by atoms with Crippen molar-refractivity contribution in [1.29, 1.82) is 0 Å². The maximum Gasteiger partial charge on any atom is 0.193 e. The molecule has 1 N–H and O–H groups in total. The molecule has 1 aliphatic heterocycles. The molecule has 1 unspecified atom stereocenters. The molecular weight excluding hydrogens is 336 g/mol. The van der Waals surface area contributed by atoms with Gasteiger partial charge in [-0.25, -0.2) is 0 Å². The van der Waals surface area contributed by atoms with Crippen molar-refractivity contribution < 1.29 is 4.74 Å². The van der Waals surface area contributed by atoms with Crippen LogP contribution in [0.3, 0.4) is 0 Å². The third kappa shape index (κ3) is 5.87. The van der Waals surface area contributed by atoms with Crippen molar-refractivity contribution in [1.82, 2.24) is 15.1 Å². The highest BCUT2D eigenvalue weighted by molar-refractivity contribution is 6.30. The van der Waals surface area contributed by atoms with Gasteiger partial charge in [0.1, 0.15) is 0 Å². The summed E-state index contributed by atoms with van der Waals surface area (Å²) in [5.74, 6) is 0.968. The van der Waals surface area contributed by atoms with Crippen molar-refractivity contribution in [2.24, 2.45) is 4.99 Å². The standard InChI is InChI=1S/C19H31ClN4O/c1-5-25-17-10-12-24(13-11-17)19(21-2)22-14-18(23(3)4)15-6-8-16(20)9-7-15/h6-9,17-18H,5,10-14H2,1-4H3,(H,21,22). The first-order chi connectivity index (χ1) is 12.0. The fraction of sp³-hybridized carbons (Fsp3) is 0.632.